The highest BCUT2D eigenvalue weighted by Crippen LogP contribution is 2.30. The first kappa shape index (κ1) is 15.6. The van der Waals surface area contributed by atoms with Gasteiger partial charge in [0.1, 0.15) is 0 Å². The molecule has 1 aromatic rings. The summed E-state index contributed by atoms with van der Waals surface area (Å²) >= 11 is 0. The number of nitrogens with one attached hydrogen (secondary N) is 1. The van der Waals surface area contributed by atoms with E-state index in [-0.39, 0.29) is 11.0 Å². The molecule has 0 fully saturated rings. The molecule has 1 atom stereocenters. The van der Waals surface area contributed by atoms with Crippen molar-refractivity contribution in [3.63, 3.8) is 0 Å². The molecule has 1 heterocycles. The van der Waals surface area contributed by atoms with E-state index in [2.05, 4.69) is 29.2 Å². The van der Waals surface area contributed by atoms with Crippen LogP contribution in [-0.2, 0) is 22.8 Å². The first-order chi connectivity index (χ1) is 9.44. The van der Waals surface area contributed by atoms with Crippen LogP contribution in [0.1, 0.15) is 50.8 Å². The number of aryl methyl sites for hydroxylation is 2. The molecular weight excluding hydrogens is 272 g/mol. The van der Waals surface area contributed by atoms with Crippen LogP contribution in [0.4, 0.5) is 0 Å². The molecule has 0 amide bonds. The predicted octanol–water partition coefficient (Wildman–Crippen LogP) is 2.30. The minimum Gasteiger partial charge on any atom is -0.353 e. The molecule has 20 heavy (non-hydrogen) atoms. The molecule has 5 heteroatoms. The molecule has 0 saturated carbocycles. The maximum Gasteiger partial charge on any atom is 0.154 e. The SMILES string of the molecule is CCNC1CCCc2cn(CCS(=O)(=O)C(C)C)cc21. The first-order valence-electron chi connectivity index (χ1n) is 7.57. The summed E-state index contributed by atoms with van der Waals surface area (Å²) in [7, 11) is -2.96. The molecule has 0 aromatic carbocycles. The second-order valence-electron chi connectivity index (χ2n) is 5.89. The Kier molecular flexibility index (Phi) is 4.91. The van der Waals surface area contributed by atoms with Gasteiger partial charge < -0.3 is 9.88 Å². The minimum atomic E-state index is -2.96. The lowest BCUT2D eigenvalue weighted by atomic mass is 9.91. The lowest BCUT2D eigenvalue weighted by Crippen LogP contribution is -2.24. The van der Waals surface area contributed by atoms with Gasteiger partial charge in [0.05, 0.1) is 11.0 Å². The van der Waals surface area contributed by atoms with E-state index in [1.165, 1.54) is 24.0 Å². The lowest BCUT2D eigenvalue weighted by Gasteiger charge is -2.22. The highest BCUT2D eigenvalue weighted by Gasteiger charge is 2.22. The molecular formula is C15H26N2O2S. The van der Waals surface area contributed by atoms with Crippen LogP contribution in [0.5, 0.6) is 0 Å². The first-order valence-corrected chi connectivity index (χ1v) is 9.29. The van der Waals surface area contributed by atoms with Gasteiger partial charge in [0, 0.05) is 25.0 Å². The molecule has 4 nitrogen and oxygen atoms in total. The lowest BCUT2D eigenvalue weighted by molar-refractivity contribution is 0.473. The van der Waals surface area contributed by atoms with E-state index in [1.807, 2.05) is 0 Å². The van der Waals surface area contributed by atoms with Crippen molar-refractivity contribution in [2.45, 2.75) is 57.9 Å². The van der Waals surface area contributed by atoms with Crippen LogP contribution >= 0.6 is 0 Å². The molecule has 0 saturated heterocycles. The summed E-state index contributed by atoms with van der Waals surface area (Å²) in [6, 6.07) is 0.437. The second kappa shape index (κ2) is 6.31. The summed E-state index contributed by atoms with van der Waals surface area (Å²) in [6.45, 7) is 7.15. The Morgan fingerprint density at radius 1 is 1.40 bits per heavy atom. The maximum absolute atomic E-state index is 11.9. The van der Waals surface area contributed by atoms with Crippen molar-refractivity contribution in [2.24, 2.45) is 0 Å². The Balaban J connectivity index is 2.08. The fraction of sp³-hybridized carbons (Fsp3) is 0.733. The predicted molar refractivity (Wildman–Crippen MR) is 82.7 cm³/mol. The third-order valence-corrected chi connectivity index (χ3v) is 6.30. The summed E-state index contributed by atoms with van der Waals surface area (Å²) in [5.41, 5.74) is 2.74. The molecule has 1 aromatic heterocycles. The van der Waals surface area contributed by atoms with Crippen molar-refractivity contribution in [1.82, 2.24) is 9.88 Å². The second-order valence-corrected chi connectivity index (χ2v) is 8.57. The summed E-state index contributed by atoms with van der Waals surface area (Å²) in [5.74, 6) is 0.226. The monoisotopic (exact) mass is 298 g/mol. The number of hydrogen-bond acceptors (Lipinski definition) is 3. The van der Waals surface area contributed by atoms with Crippen LogP contribution < -0.4 is 5.32 Å². The van der Waals surface area contributed by atoms with Crippen molar-refractivity contribution in [1.29, 1.82) is 0 Å². The van der Waals surface area contributed by atoms with Crippen molar-refractivity contribution < 1.29 is 8.42 Å². The minimum absolute atomic E-state index is 0.226. The van der Waals surface area contributed by atoms with E-state index in [4.69, 9.17) is 0 Å². The average Bonchev–Trinajstić information content (AvgIpc) is 2.81. The van der Waals surface area contributed by atoms with Gasteiger partial charge in [0.2, 0.25) is 0 Å². The maximum atomic E-state index is 11.9. The molecule has 1 unspecified atom stereocenters. The third kappa shape index (κ3) is 3.44. The van der Waals surface area contributed by atoms with Gasteiger partial charge in [-0.2, -0.15) is 0 Å². The largest absolute Gasteiger partial charge is 0.353 e. The standard InChI is InChI=1S/C15H26N2O2S/c1-4-16-15-7-5-6-13-10-17(11-14(13)15)8-9-20(18,19)12(2)3/h10-12,15-16H,4-9H2,1-3H3. The summed E-state index contributed by atoms with van der Waals surface area (Å²) < 4.78 is 25.8. The number of nitrogens with zero attached hydrogens (tertiary/aromatic N) is 1. The van der Waals surface area contributed by atoms with Crippen LogP contribution in [0.15, 0.2) is 12.4 Å². The van der Waals surface area contributed by atoms with Crippen LogP contribution in [0, 0.1) is 0 Å². The van der Waals surface area contributed by atoms with Crippen molar-refractivity contribution in [2.75, 3.05) is 12.3 Å². The fourth-order valence-electron chi connectivity index (χ4n) is 2.80. The number of aromatic nitrogens is 1. The zero-order valence-electron chi connectivity index (χ0n) is 12.7. The van der Waals surface area contributed by atoms with Crippen LogP contribution in [0.2, 0.25) is 0 Å². The van der Waals surface area contributed by atoms with Gasteiger partial charge >= 0.3 is 0 Å². The van der Waals surface area contributed by atoms with Crippen molar-refractivity contribution in [3.8, 4) is 0 Å². The summed E-state index contributed by atoms with van der Waals surface area (Å²) in [4.78, 5) is 0. The summed E-state index contributed by atoms with van der Waals surface area (Å²) in [6.07, 6.45) is 7.77. The van der Waals surface area contributed by atoms with E-state index in [9.17, 15) is 8.42 Å². The van der Waals surface area contributed by atoms with E-state index < -0.39 is 9.84 Å². The Bertz CT molecular complexity index is 546. The van der Waals surface area contributed by atoms with Gasteiger partial charge in [-0.25, -0.2) is 8.42 Å². The van der Waals surface area contributed by atoms with Gasteiger partial charge in [0.25, 0.3) is 0 Å². The molecule has 1 N–H and O–H groups in total. The molecule has 0 bridgehead atoms. The number of rotatable bonds is 6. The van der Waals surface area contributed by atoms with Gasteiger partial charge in [-0.3, -0.25) is 0 Å². The van der Waals surface area contributed by atoms with Crippen molar-refractivity contribution in [3.05, 3.63) is 23.5 Å². The molecule has 0 radical (unpaired) electrons. The zero-order valence-corrected chi connectivity index (χ0v) is 13.5. The highest BCUT2D eigenvalue weighted by atomic mass is 32.2. The highest BCUT2D eigenvalue weighted by molar-refractivity contribution is 7.91. The van der Waals surface area contributed by atoms with E-state index in [1.54, 1.807) is 13.8 Å². The van der Waals surface area contributed by atoms with Gasteiger partial charge in [-0.05, 0) is 50.8 Å². The van der Waals surface area contributed by atoms with E-state index in [0.29, 0.717) is 12.6 Å². The van der Waals surface area contributed by atoms with Crippen LogP contribution in [-0.4, -0.2) is 30.5 Å². The van der Waals surface area contributed by atoms with Crippen LogP contribution in [0.3, 0.4) is 0 Å². The van der Waals surface area contributed by atoms with E-state index >= 15 is 0 Å². The summed E-state index contributed by atoms with van der Waals surface area (Å²) in [5, 5.41) is 3.22. The average molecular weight is 298 g/mol. The molecule has 1 aliphatic carbocycles. The number of fused-ring (bicyclic) bond motifs is 1. The molecule has 0 spiro atoms. The zero-order chi connectivity index (χ0) is 14.8. The van der Waals surface area contributed by atoms with Gasteiger partial charge in [0.15, 0.2) is 9.84 Å². The molecule has 0 aliphatic heterocycles. The normalized spacial score (nSPS) is 19.3. The Hall–Kier alpha value is -0.810. The fourth-order valence-corrected chi connectivity index (χ4v) is 3.74. The quantitative estimate of drug-likeness (QED) is 0.877. The topological polar surface area (TPSA) is 51.1 Å². The number of hydrogen-bond donors (Lipinski definition) is 1. The molecule has 1 aliphatic rings. The Morgan fingerprint density at radius 2 is 2.15 bits per heavy atom. The smallest absolute Gasteiger partial charge is 0.154 e. The van der Waals surface area contributed by atoms with Gasteiger partial charge in [-0.1, -0.05) is 6.92 Å². The Labute approximate surface area is 122 Å². The third-order valence-electron chi connectivity index (χ3n) is 4.11. The Morgan fingerprint density at radius 3 is 2.80 bits per heavy atom. The van der Waals surface area contributed by atoms with Crippen LogP contribution in [0.25, 0.3) is 0 Å². The number of sulfone groups is 1. The molecule has 114 valence electrons. The van der Waals surface area contributed by atoms with Gasteiger partial charge in [-0.15, -0.1) is 0 Å². The van der Waals surface area contributed by atoms with Crippen molar-refractivity contribution >= 4 is 9.84 Å². The van der Waals surface area contributed by atoms with E-state index in [0.717, 1.165) is 13.0 Å². The molecule has 2 rings (SSSR count).